The van der Waals surface area contributed by atoms with Crippen LogP contribution in [-0.2, 0) is 11.3 Å². The van der Waals surface area contributed by atoms with Gasteiger partial charge >= 0.3 is 0 Å². The van der Waals surface area contributed by atoms with Gasteiger partial charge in [-0.2, -0.15) is 0 Å². The van der Waals surface area contributed by atoms with Crippen LogP contribution >= 0.6 is 0 Å². The average Bonchev–Trinajstić information content (AvgIpc) is 2.52. The smallest absolute Gasteiger partial charge is 0.220 e. The van der Waals surface area contributed by atoms with Gasteiger partial charge in [-0.15, -0.1) is 0 Å². The van der Waals surface area contributed by atoms with E-state index in [1.165, 1.54) is 12.1 Å². The van der Waals surface area contributed by atoms with Gasteiger partial charge in [0.1, 0.15) is 11.6 Å². The van der Waals surface area contributed by atoms with Crippen LogP contribution in [0.3, 0.4) is 0 Å². The van der Waals surface area contributed by atoms with Crippen molar-refractivity contribution in [2.75, 3.05) is 6.61 Å². The Balaban J connectivity index is 1.60. The van der Waals surface area contributed by atoms with Crippen molar-refractivity contribution in [3.63, 3.8) is 0 Å². The first-order valence-electron chi connectivity index (χ1n) is 6.78. The highest BCUT2D eigenvalue weighted by molar-refractivity contribution is 5.75. The van der Waals surface area contributed by atoms with Crippen LogP contribution in [0, 0.1) is 5.82 Å². The highest BCUT2D eigenvalue weighted by Gasteiger charge is 2.02. The van der Waals surface area contributed by atoms with Gasteiger partial charge in [-0.3, -0.25) is 9.78 Å². The number of hydrogen-bond donors (Lipinski definition) is 1. The SMILES string of the molecule is O=C(CCCOc1ccc(F)cc1)NCc1cccnc1. The second-order valence-corrected chi connectivity index (χ2v) is 4.54. The van der Waals surface area contributed by atoms with Gasteiger partial charge < -0.3 is 10.1 Å². The van der Waals surface area contributed by atoms with Crippen molar-refractivity contribution in [1.29, 1.82) is 0 Å². The number of benzene rings is 1. The number of amides is 1. The first-order valence-corrected chi connectivity index (χ1v) is 6.78. The molecule has 0 radical (unpaired) electrons. The summed E-state index contributed by atoms with van der Waals surface area (Å²) in [6.07, 6.45) is 4.41. The van der Waals surface area contributed by atoms with Crippen molar-refractivity contribution in [3.05, 3.63) is 60.2 Å². The van der Waals surface area contributed by atoms with Crippen LogP contribution in [0.1, 0.15) is 18.4 Å². The monoisotopic (exact) mass is 288 g/mol. The fraction of sp³-hybridized carbons (Fsp3) is 0.250. The summed E-state index contributed by atoms with van der Waals surface area (Å²) in [7, 11) is 0. The van der Waals surface area contributed by atoms with E-state index in [0.717, 1.165) is 5.56 Å². The minimum absolute atomic E-state index is 0.0263. The summed E-state index contributed by atoms with van der Waals surface area (Å²) in [6, 6.07) is 9.56. The molecule has 4 nitrogen and oxygen atoms in total. The number of hydrogen-bond acceptors (Lipinski definition) is 3. The Hall–Kier alpha value is -2.43. The molecule has 0 aliphatic heterocycles. The number of nitrogens with zero attached hydrogens (tertiary/aromatic N) is 1. The molecule has 0 fully saturated rings. The van der Waals surface area contributed by atoms with Crippen molar-refractivity contribution in [2.24, 2.45) is 0 Å². The summed E-state index contributed by atoms with van der Waals surface area (Å²) in [6.45, 7) is 0.900. The molecule has 21 heavy (non-hydrogen) atoms. The maximum absolute atomic E-state index is 12.7. The van der Waals surface area contributed by atoms with E-state index < -0.39 is 0 Å². The maximum Gasteiger partial charge on any atom is 0.220 e. The Kier molecular flexibility index (Phi) is 5.70. The summed E-state index contributed by atoms with van der Waals surface area (Å²) < 4.78 is 18.1. The molecular formula is C16H17FN2O2. The van der Waals surface area contributed by atoms with Crippen LogP contribution in [0.5, 0.6) is 5.75 Å². The molecule has 110 valence electrons. The molecule has 0 atom stereocenters. The van der Waals surface area contributed by atoms with Crippen LogP contribution in [0.4, 0.5) is 4.39 Å². The second-order valence-electron chi connectivity index (χ2n) is 4.54. The third-order valence-electron chi connectivity index (χ3n) is 2.84. The van der Waals surface area contributed by atoms with E-state index in [-0.39, 0.29) is 11.7 Å². The molecule has 1 heterocycles. The minimum Gasteiger partial charge on any atom is -0.494 e. The van der Waals surface area contributed by atoms with Gasteiger partial charge in [-0.05, 0) is 42.3 Å². The number of pyridine rings is 1. The number of carbonyl (C=O) groups is 1. The van der Waals surface area contributed by atoms with Gasteiger partial charge in [0.15, 0.2) is 0 Å². The molecule has 0 spiro atoms. The molecule has 1 aromatic carbocycles. The molecule has 2 aromatic rings. The van der Waals surface area contributed by atoms with Gasteiger partial charge in [0, 0.05) is 25.4 Å². The van der Waals surface area contributed by atoms with E-state index >= 15 is 0 Å². The van der Waals surface area contributed by atoms with Crippen molar-refractivity contribution in [3.8, 4) is 5.75 Å². The molecule has 0 saturated carbocycles. The fourth-order valence-corrected chi connectivity index (χ4v) is 1.75. The fourth-order valence-electron chi connectivity index (χ4n) is 1.75. The van der Waals surface area contributed by atoms with Crippen LogP contribution in [0.25, 0.3) is 0 Å². The Labute approximate surface area is 123 Å². The number of halogens is 1. The lowest BCUT2D eigenvalue weighted by Crippen LogP contribution is -2.23. The summed E-state index contributed by atoms with van der Waals surface area (Å²) in [5.41, 5.74) is 0.966. The van der Waals surface area contributed by atoms with E-state index in [2.05, 4.69) is 10.3 Å². The predicted molar refractivity (Wildman–Crippen MR) is 77.2 cm³/mol. The quantitative estimate of drug-likeness (QED) is 0.797. The van der Waals surface area contributed by atoms with Crippen molar-refractivity contribution < 1.29 is 13.9 Å². The van der Waals surface area contributed by atoms with Gasteiger partial charge in [0.05, 0.1) is 6.61 Å². The molecule has 1 aromatic heterocycles. The summed E-state index contributed by atoms with van der Waals surface area (Å²) in [4.78, 5) is 15.6. The van der Waals surface area contributed by atoms with Gasteiger partial charge in [-0.1, -0.05) is 6.07 Å². The summed E-state index contributed by atoms with van der Waals surface area (Å²) in [5, 5.41) is 2.82. The number of aromatic nitrogens is 1. The topological polar surface area (TPSA) is 51.2 Å². The first kappa shape index (κ1) is 15.0. The third kappa shape index (κ3) is 5.60. The Morgan fingerprint density at radius 3 is 2.76 bits per heavy atom. The van der Waals surface area contributed by atoms with E-state index in [1.54, 1.807) is 24.5 Å². The summed E-state index contributed by atoms with van der Waals surface area (Å²) >= 11 is 0. The van der Waals surface area contributed by atoms with Crippen LogP contribution in [0.15, 0.2) is 48.8 Å². The van der Waals surface area contributed by atoms with Crippen LogP contribution in [0.2, 0.25) is 0 Å². The van der Waals surface area contributed by atoms with Crippen molar-refractivity contribution in [1.82, 2.24) is 10.3 Å². The number of rotatable bonds is 7. The number of nitrogens with one attached hydrogen (secondary N) is 1. The number of carbonyl (C=O) groups excluding carboxylic acids is 1. The van der Waals surface area contributed by atoms with Crippen molar-refractivity contribution in [2.45, 2.75) is 19.4 Å². The highest BCUT2D eigenvalue weighted by atomic mass is 19.1. The highest BCUT2D eigenvalue weighted by Crippen LogP contribution is 2.11. The molecule has 0 bridgehead atoms. The largest absolute Gasteiger partial charge is 0.494 e. The molecule has 0 unspecified atom stereocenters. The molecule has 5 heteroatoms. The Bertz CT molecular complexity index is 558. The standard InChI is InChI=1S/C16H17FN2O2/c17-14-5-7-15(8-6-14)21-10-2-4-16(20)19-12-13-3-1-9-18-11-13/h1,3,5-9,11H,2,4,10,12H2,(H,19,20). The van der Waals surface area contributed by atoms with E-state index in [9.17, 15) is 9.18 Å². The van der Waals surface area contributed by atoms with Crippen molar-refractivity contribution >= 4 is 5.91 Å². The van der Waals surface area contributed by atoms with Gasteiger partial charge in [-0.25, -0.2) is 4.39 Å². The van der Waals surface area contributed by atoms with Crippen LogP contribution < -0.4 is 10.1 Å². The van der Waals surface area contributed by atoms with Crippen LogP contribution in [-0.4, -0.2) is 17.5 Å². The molecule has 2 rings (SSSR count). The zero-order valence-electron chi connectivity index (χ0n) is 11.6. The van der Waals surface area contributed by atoms with E-state index in [4.69, 9.17) is 4.74 Å². The lowest BCUT2D eigenvalue weighted by Gasteiger charge is -2.07. The molecule has 0 aliphatic carbocycles. The predicted octanol–water partition coefficient (Wildman–Crippen LogP) is 2.70. The molecular weight excluding hydrogens is 271 g/mol. The normalized spacial score (nSPS) is 10.1. The van der Waals surface area contributed by atoms with E-state index in [0.29, 0.717) is 31.7 Å². The minimum atomic E-state index is -0.294. The molecule has 1 N–H and O–H groups in total. The summed E-state index contributed by atoms with van der Waals surface area (Å²) in [5.74, 6) is 0.283. The zero-order valence-corrected chi connectivity index (χ0v) is 11.6. The third-order valence-corrected chi connectivity index (χ3v) is 2.84. The Morgan fingerprint density at radius 2 is 2.05 bits per heavy atom. The average molecular weight is 288 g/mol. The number of ether oxygens (including phenoxy) is 1. The van der Waals surface area contributed by atoms with E-state index in [1.807, 2.05) is 12.1 Å². The maximum atomic E-state index is 12.7. The molecule has 1 amide bonds. The lowest BCUT2D eigenvalue weighted by molar-refractivity contribution is -0.121. The molecule has 0 aliphatic rings. The zero-order chi connectivity index (χ0) is 14.9. The Morgan fingerprint density at radius 1 is 1.24 bits per heavy atom. The van der Waals surface area contributed by atoms with Gasteiger partial charge in [0.25, 0.3) is 0 Å². The van der Waals surface area contributed by atoms with Gasteiger partial charge in [0.2, 0.25) is 5.91 Å². The lowest BCUT2D eigenvalue weighted by atomic mass is 10.2. The molecule has 0 saturated heterocycles. The first-order chi connectivity index (χ1) is 10.2. The second kappa shape index (κ2) is 7.99.